The van der Waals surface area contributed by atoms with E-state index in [1.54, 1.807) is 0 Å². The first kappa shape index (κ1) is 14.5. The lowest BCUT2D eigenvalue weighted by molar-refractivity contribution is 0.113. The van der Waals surface area contributed by atoms with Crippen LogP contribution in [0, 0.1) is 11.3 Å². The number of nitriles is 1. The zero-order valence-corrected chi connectivity index (χ0v) is 11.9. The fourth-order valence-electron chi connectivity index (χ4n) is 2.50. The van der Waals surface area contributed by atoms with Crippen LogP contribution in [-0.2, 0) is 0 Å². The van der Waals surface area contributed by atoms with Gasteiger partial charge in [0.1, 0.15) is 0 Å². The number of nitrogens with zero attached hydrogens (tertiary/aromatic N) is 3. The van der Waals surface area contributed by atoms with Crippen LogP contribution in [0.3, 0.4) is 0 Å². The van der Waals surface area contributed by atoms with Crippen molar-refractivity contribution in [2.75, 3.05) is 26.7 Å². The van der Waals surface area contributed by atoms with Crippen molar-refractivity contribution in [2.45, 2.75) is 58.0 Å². The molecule has 1 aliphatic rings. The Balaban J connectivity index is 2.72. The number of unbranched alkanes of at least 4 members (excludes halogenated alkanes) is 1. The fraction of sp³-hybridized carbons (Fsp3) is 0.929. The SMILES string of the molecule is CCCCN1CC(CC#N)N(C)CCC1(C)C. The van der Waals surface area contributed by atoms with E-state index in [2.05, 4.69) is 43.7 Å². The lowest BCUT2D eigenvalue weighted by Crippen LogP contribution is -2.47. The summed E-state index contributed by atoms with van der Waals surface area (Å²) in [6, 6.07) is 2.73. The average Bonchev–Trinajstić information content (AvgIpc) is 2.38. The topological polar surface area (TPSA) is 30.3 Å². The van der Waals surface area contributed by atoms with Gasteiger partial charge < -0.3 is 4.90 Å². The van der Waals surface area contributed by atoms with Gasteiger partial charge in [0.25, 0.3) is 0 Å². The second-order valence-corrected chi connectivity index (χ2v) is 5.86. The van der Waals surface area contributed by atoms with Gasteiger partial charge in [0.2, 0.25) is 0 Å². The molecule has 0 bridgehead atoms. The summed E-state index contributed by atoms with van der Waals surface area (Å²) in [5, 5.41) is 8.93. The van der Waals surface area contributed by atoms with E-state index in [0.717, 1.165) is 13.1 Å². The average molecular weight is 237 g/mol. The van der Waals surface area contributed by atoms with Gasteiger partial charge in [-0.05, 0) is 46.8 Å². The largest absolute Gasteiger partial charge is 0.301 e. The third-order valence-electron chi connectivity index (χ3n) is 4.10. The van der Waals surface area contributed by atoms with E-state index in [1.165, 1.54) is 25.8 Å². The molecule has 0 aromatic rings. The molecule has 0 aromatic carbocycles. The molecule has 0 aromatic heterocycles. The highest BCUT2D eigenvalue weighted by atomic mass is 15.3. The Morgan fingerprint density at radius 2 is 2.12 bits per heavy atom. The van der Waals surface area contributed by atoms with Gasteiger partial charge >= 0.3 is 0 Å². The van der Waals surface area contributed by atoms with Crippen LogP contribution in [0.25, 0.3) is 0 Å². The van der Waals surface area contributed by atoms with Crippen molar-refractivity contribution in [1.82, 2.24) is 9.80 Å². The lowest BCUT2D eigenvalue weighted by Gasteiger charge is -2.37. The van der Waals surface area contributed by atoms with E-state index in [4.69, 9.17) is 5.26 Å². The molecule has 3 heteroatoms. The first-order valence-electron chi connectivity index (χ1n) is 6.83. The summed E-state index contributed by atoms with van der Waals surface area (Å²) in [6.45, 7) is 10.2. The Hall–Kier alpha value is -0.590. The maximum atomic E-state index is 8.93. The molecule has 1 unspecified atom stereocenters. The minimum Gasteiger partial charge on any atom is -0.301 e. The standard InChI is InChI=1S/C14H27N3/c1-5-6-10-17-12-13(7-9-15)16(4)11-8-14(17,2)3/h13H,5-8,10-12H2,1-4H3. The van der Waals surface area contributed by atoms with E-state index in [-0.39, 0.29) is 5.54 Å². The van der Waals surface area contributed by atoms with Crippen molar-refractivity contribution in [3.05, 3.63) is 0 Å². The van der Waals surface area contributed by atoms with E-state index >= 15 is 0 Å². The molecule has 1 aliphatic heterocycles. The van der Waals surface area contributed by atoms with Crippen LogP contribution in [0.4, 0.5) is 0 Å². The zero-order chi connectivity index (χ0) is 12.9. The molecule has 1 atom stereocenters. The molecule has 1 saturated heterocycles. The highest BCUT2D eigenvalue weighted by molar-refractivity contribution is 4.93. The molecule has 17 heavy (non-hydrogen) atoms. The van der Waals surface area contributed by atoms with Gasteiger partial charge in [-0.3, -0.25) is 4.90 Å². The molecule has 3 nitrogen and oxygen atoms in total. The Kier molecular flexibility index (Phi) is 5.42. The Morgan fingerprint density at radius 1 is 1.41 bits per heavy atom. The van der Waals surface area contributed by atoms with Crippen LogP contribution in [0.1, 0.15) is 46.5 Å². The predicted molar refractivity (Wildman–Crippen MR) is 71.8 cm³/mol. The first-order chi connectivity index (χ1) is 8.01. The van der Waals surface area contributed by atoms with Gasteiger partial charge in [0.15, 0.2) is 0 Å². The number of rotatable bonds is 4. The Morgan fingerprint density at radius 3 is 2.71 bits per heavy atom. The van der Waals surface area contributed by atoms with Crippen LogP contribution < -0.4 is 0 Å². The van der Waals surface area contributed by atoms with E-state index in [1.807, 2.05) is 0 Å². The van der Waals surface area contributed by atoms with Gasteiger partial charge in [0.05, 0.1) is 12.5 Å². The first-order valence-corrected chi connectivity index (χ1v) is 6.83. The summed E-state index contributed by atoms with van der Waals surface area (Å²) in [5.74, 6) is 0. The zero-order valence-electron chi connectivity index (χ0n) is 11.9. The molecular weight excluding hydrogens is 210 g/mol. The van der Waals surface area contributed by atoms with Crippen molar-refractivity contribution < 1.29 is 0 Å². The normalized spacial score (nSPS) is 26.4. The number of hydrogen-bond donors (Lipinski definition) is 0. The Bertz CT molecular complexity index is 267. The lowest BCUT2D eigenvalue weighted by atomic mass is 9.98. The number of likely N-dealkylation sites (N-methyl/N-ethyl adjacent to an activating group) is 1. The molecule has 0 aliphatic carbocycles. The summed E-state index contributed by atoms with van der Waals surface area (Å²) < 4.78 is 0. The molecule has 1 heterocycles. The Labute approximate surface area is 106 Å². The molecule has 0 saturated carbocycles. The van der Waals surface area contributed by atoms with E-state index < -0.39 is 0 Å². The maximum absolute atomic E-state index is 8.93. The predicted octanol–water partition coefficient (Wildman–Crippen LogP) is 2.48. The molecule has 1 fully saturated rings. The highest BCUT2D eigenvalue weighted by Crippen LogP contribution is 2.25. The number of hydrogen-bond acceptors (Lipinski definition) is 3. The monoisotopic (exact) mass is 237 g/mol. The molecule has 0 spiro atoms. The summed E-state index contributed by atoms with van der Waals surface area (Å²) in [6.07, 6.45) is 4.34. The van der Waals surface area contributed by atoms with E-state index in [9.17, 15) is 0 Å². The summed E-state index contributed by atoms with van der Waals surface area (Å²) in [4.78, 5) is 4.94. The van der Waals surface area contributed by atoms with Crippen LogP contribution in [0.15, 0.2) is 0 Å². The molecule has 0 amide bonds. The van der Waals surface area contributed by atoms with Crippen molar-refractivity contribution >= 4 is 0 Å². The van der Waals surface area contributed by atoms with Gasteiger partial charge in [-0.1, -0.05) is 13.3 Å². The summed E-state index contributed by atoms with van der Waals surface area (Å²) in [5.41, 5.74) is 0.271. The van der Waals surface area contributed by atoms with Crippen molar-refractivity contribution in [3.8, 4) is 6.07 Å². The highest BCUT2D eigenvalue weighted by Gasteiger charge is 2.33. The second kappa shape index (κ2) is 6.37. The third-order valence-corrected chi connectivity index (χ3v) is 4.10. The fourth-order valence-corrected chi connectivity index (χ4v) is 2.50. The van der Waals surface area contributed by atoms with Gasteiger partial charge in [-0.2, -0.15) is 5.26 Å². The van der Waals surface area contributed by atoms with Crippen LogP contribution in [0.2, 0.25) is 0 Å². The van der Waals surface area contributed by atoms with Gasteiger partial charge in [-0.25, -0.2) is 0 Å². The minimum absolute atomic E-state index is 0.271. The molecule has 0 radical (unpaired) electrons. The smallest absolute Gasteiger partial charge is 0.0638 e. The maximum Gasteiger partial charge on any atom is 0.0638 e. The van der Waals surface area contributed by atoms with Gasteiger partial charge in [-0.15, -0.1) is 0 Å². The van der Waals surface area contributed by atoms with Crippen LogP contribution in [-0.4, -0.2) is 48.1 Å². The van der Waals surface area contributed by atoms with Crippen molar-refractivity contribution in [1.29, 1.82) is 5.26 Å². The summed E-state index contributed by atoms with van der Waals surface area (Å²) >= 11 is 0. The van der Waals surface area contributed by atoms with E-state index in [0.29, 0.717) is 12.5 Å². The summed E-state index contributed by atoms with van der Waals surface area (Å²) in [7, 11) is 2.15. The van der Waals surface area contributed by atoms with Crippen LogP contribution in [0.5, 0.6) is 0 Å². The quantitative estimate of drug-likeness (QED) is 0.752. The van der Waals surface area contributed by atoms with Crippen molar-refractivity contribution in [3.63, 3.8) is 0 Å². The molecule has 98 valence electrons. The second-order valence-electron chi connectivity index (χ2n) is 5.86. The molecule has 0 N–H and O–H groups in total. The molecule has 1 rings (SSSR count). The molecular formula is C14H27N3. The van der Waals surface area contributed by atoms with Gasteiger partial charge in [0, 0.05) is 18.1 Å². The van der Waals surface area contributed by atoms with Crippen molar-refractivity contribution in [2.24, 2.45) is 0 Å². The minimum atomic E-state index is 0.271. The third kappa shape index (κ3) is 3.97. The van der Waals surface area contributed by atoms with Crippen LogP contribution >= 0.6 is 0 Å².